The van der Waals surface area contributed by atoms with Crippen LogP contribution >= 0.6 is 11.6 Å². The number of ether oxygens (including phenoxy) is 1. The summed E-state index contributed by atoms with van der Waals surface area (Å²) >= 11 is 6.27. The molecule has 42 heavy (non-hydrogen) atoms. The molecule has 0 bridgehead atoms. The van der Waals surface area contributed by atoms with Gasteiger partial charge in [-0.05, 0) is 63.4 Å². The first-order valence-electron chi connectivity index (χ1n) is 13.8. The number of halogens is 3. The zero-order chi connectivity index (χ0) is 29.8. The molecule has 222 valence electrons. The average molecular weight is 600 g/mol. The van der Waals surface area contributed by atoms with Crippen LogP contribution in [-0.2, 0) is 4.79 Å². The van der Waals surface area contributed by atoms with Crippen molar-refractivity contribution in [1.29, 1.82) is 0 Å². The second kappa shape index (κ2) is 12.9. The minimum absolute atomic E-state index is 0.00679. The average Bonchev–Trinajstić information content (AvgIpc) is 3.52. The minimum Gasteiger partial charge on any atom is -0.434 e. The maximum atomic E-state index is 13.5. The van der Waals surface area contributed by atoms with Crippen LogP contribution in [0.2, 0.25) is 5.02 Å². The number of hydrogen-bond donors (Lipinski definition) is 2. The number of nitrogens with two attached hydrogens (primary N) is 1. The molecule has 5 rings (SSSR count). The van der Waals surface area contributed by atoms with E-state index in [9.17, 15) is 18.4 Å². The number of carbonyl (C=O) groups is 2. The van der Waals surface area contributed by atoms with E-state index >= 15 is 0 Å². The zero-order valence-corrected chi connectivity index (χ0v) is 23.9. The highest BCUT2D eigenvalue weighted by atomic mass is 35.5. The third kappa shape index (κ3) is 6.71. The third-order valence-corrected chi connectivity index (χ3v) is 7.66. The first-order chi connectivity index (χ1) is 20.2. The minimum atomic E-state index is -3.05. The largest absolute Gasteiger partial charge is 0.434 e. The van der Waals surface area contributed by atoms with Crippen molar-refractivity contribution in [3.63, 3.8) is 0 Å². The fourth-order valence-corrected chi connectivity index (χ4v) is 5.54. The van der Waals surface area contributed by atoms with Gasteiger partial charge >= 0.3 is 6.61 Å². The number of nitrogens with one attached hydrogen (secondary N) is 1. The molecule has 0 aliphatic carbocycles. The number of aromatic nitrogens is 4. The van der Waals surface area contributed by atoms with Gasteiger partial charge < -0.3 is 30.0 Å². The van der Waals surface area contributed by atoms with Gasteiger partial charge in [0.15, 0.2) is 11.5 Å². The molecule has 3 aromatic heterocycles. The Balaban J connectivity index is 1.43. The first-order valence-corrected chi connectivity index (χ1v) is 14.2. The zero-order valence-electron chi connectivity index (χ0n) is 23.1. The van der Waals surface area contributed by atoms with Gasteiger partial charge in [-0.3, -0.25) is 4.79 Å². The Morgan fingerprint density at radius 3 is 2.71 bits per heavy atom. The number of anilines is 2. The SMILES string of the molecule is CC(=O)CCCCN1CCC(n2cc(NC(=O)c3c(N)nn4cccnc34)c(-c3cc(Cl)ccc3OC(F)F)c2)CC1. The van der Waals surface area contributed by atoms with Crippen LogP contribution in [0, 0.1) is 0 Å². The normalized spacial score (nSPS) is 14.5. The van der Waals surface area contributed by atoms with Gasteiger partial charge in [0.05, 0.1) is 5.69 Å². The Bertz CT molecular complexity index is 1580. The van der Waals surface area contributed by atoms with E-state index in [1.54, 1.807) is 25.4 Å². The maximum absolute atomic E-state index is 13.5. The van der Waals surface area contributed by atoms with Crippen LogP contribution in [0.1, 0.15) is 55.4 Å². The summed E-state index contributed by atoms with van der Waals surface area (Å²) in [4.78, 5) is 31.4. The maximum Gasteiger partial charge on any atom is 0.387 e. The number of alkyl halides is 2. The van der Waals surface area contributed by atoms with E-state index < -0.39 is 12.5 Å². The summed E-state index contributed by atoms with van der Waals surface area (Å²) in [6.45, 7) is 1.26. The van der Waals surface area contributed by atoms with E-state index in [4.69, 9.17) is 22.1 Å². The molecule has 10 nitrogen and oxygen atoms in total. The predicted molar refractivity (Wildman–Crippen MR) is 156 cm³/mol. The molecule has 1 saturated heterocycles. The van der Waals surface area contributed by atoms with Crippen LogP contribution in [0.4, 0.5) is 20.3 Å². The number of ketones is 1. The smallest absolute Gasteiger partial charge is 0.387 e. The number of amides is 1. The van der Waals surface area contributed by atoms with Crippen molar-refractivity contribution in [2.24, 2.45) is 0 Å². The Labute approximate surface area is 246 Å². The molecule has 13 heteroatoms. The van der Waals surface area contributed by atoms with Crippen LogP contribution in [-0.4, -0.2) is 62.0 Å². The number of Topliss-reactive ketones (excluding diaryl/α,β-unsaturated/α-hetero) is 1. The van der Waals surface area contributed by atoms with Crippen molar-refractivity contribution < 1.29 is 23.1 Å². The fourth-order valence-electron chi connectivity index (χ4n) is 5.37. The van der Waals surface area contributed by atoms with Crippen LogP contribution in [0.5, 0.6) is 5.75 Å². The van der Waals surface area contributed by atoms with Gasteiger partial charge in [0.2, 0.25) is 0 Å². The number of piperidine rings is 1. The highest BCUT2D eigenvalue weighted by Gasteiger charge is 2.26. The number of unbranched alkanes of at least 4 members (excludes halogenated alkanes) is 1. The lowest BCUT2D eigenvalue weighted by Crippen LogP contribution is -2.35. The van der Waals surface area contributed by atoms with Crippen LogP contribution < -0.4 is 15.8 Å². The summed E-state index contributed by atoms with van der Waals surface area (Å²) in [5, 5.41) is 7.38. The van der Waals surface area contributed by atoms with Crippen molar-refractivity contribution in [2.75, 3.05) is 30.7 Å². The Morgan fingerprint density at radius 1 is 1.19 bits per heavy atom. The van der Waals surface area contributed by atoms with E-state index in [0.29, 0.717) is 28.3 Å². The van der Waals surface area contributed by atoms with Gasteiger partial charge in [0, 0.05) is 66.5 Å². The van der Waals surface area contributed by atoms with E-state index in [1.165, 1.54) is 28.9 Å². The summed E-state index contributed by atoms with van der Waals surface area (Å²) < 4.78 is 34.8. The topological polar surface area (TPSA) is 120 Å². The summed E-state index contributed by atoms with van der Waals surface area (Å²) in [6, 6.07) is 6.16. The second-order valence-electron chi connectivity index (χ2n) is 10.4. The van der Waals surface area contributed by atoms with Gasteiger partial charge in [0.1, 0.15) is 17.1 Å². The summed E-state index contributed by atoms with van der Waals surface area (Å²) in [5.41, 5.74) is 7.61. The summed E-state index contributed by atoms with van der Waals surface area (Å²) in [5.74, 6) is -0.395. The fraction of sp³-hybridized carbons (Fsp3) is 0.379. The number of carbonyl (C=O) groups excluding carboxylic acids is 2. The number of likely N-dealkylation sites (tertiary alicyclic amines) is 1. The number of nitrogen functional groups attached to an aromatic ring is 1. The molecule has 0 atom stereocenters. The molecule has 4 heterocycles. The van der Waals surface area contributed by atoms with Gasteiger partial charge in [-0.2, -0.15) is 8.78 Å². The summed E-state index contributed by atoms with van der Waals surface area (Å²) in [7, 11) is 0. The van der Waals surface area contributed by atoms with Crippen LogP contribution in [0.3, 0.4) is 0 Å². The highest BCUT2D eigenvalue weighted by molar-refractivity contribution is 6.31. The van der Waals surface area contributed by atoms with E-state index in [1.807, 2.05) is 10.8 Å². The Hall–Kier alpha value is -4.03. The lowest BCUT2D eigenvalue weighted by Gasteiger charge is -2.32. The van der Waals surface area contributed by atoms with Crippen molar-refractivity contribution in [1.82, 2.24) is 24.1 Å². The van der Waals surface area contributed by atoms with Gasteiger partial charge in [-0.25, -0.2) is 9.50 Å². The molecule has 0 radical (unpaired) electrons. The molecule has 1 aliphatic rings. The van der Waals surface area contributed by atoms with Gasteiger partial charge in [0.25, 0.3) is 5.91 Å². The number of benzene rings is 1. The molecular weight excluding hydrogens is 568 g/mol. The summed E-state index contributed by atoms with van der Waals surface area (Å²) in [6.07, 6.45) is 11.0. The number of nitrogens with zero attached hydrogens (tertiary/aromatic N) is 5. The van der Waals surface area contributed by atoms with Crippen molar-refractivity contribution in [3.8, 4) is 16.9 Å². The quantitative estimate of drug-likeness (QED) is 0.213. The van der Waals surface area contributed by atoms with E-state index in [0.717, 1.165) is 45.3 Å². The molecule has 4 aromatic rings. The molecule has 0 saturated carbocycles. The monoisotopic (exact) mass is 599 g/mol. The Morgan fingerprint density at radius 2 is 1.98 bits per heavy atom. The van der Waals surface area contributed by atoms with E-state index in [2.05, 4.69) is 20.3 Å². The third-order valence-electron chi connectivity index (χ3n) is 7.42. The van der Waals surface area contributed by atoms with Crippen molar-refractivity contribution in [2.45, 2.75) is 51.7 Å². The lowest BCUT2D eigenvalue weighted by molar-refractivity contribution is -0.117. The van der Waals surface area contributed by atoms with Crippen molar-refractivity contribution >= 4 is 40.4 Å². The molecule has 1 amide bonds. The Kier molecular flexibility index (Phi) is 9.03. The molecule has 0 unspecified atom stereocenters. The standard InChI is InChI=1S/C29H32ClF2N7O3/c1-18(40)5-2-3-11-37-13-8-20(9-14-37)38-16-22(21-15-19(30)6-7-24(21)42-29(31)32)23(17-38)35-28(41)25-26(33)36-39-12-4-10-34-27(25)39/h4,6-7,10,12,15-17,20,29H,2-3,5,8-9,11,13-14H2,1H3,(H2,33,36)(H,35,41). The number of hydrogen-bond acceptors (Lipinski definition) is 7. The van der Waals surface area contributed by atoms with Crippen molar-refractivity contribution in [3.05, 3.63) is 59.6 Å². The van der Waals surface area contributed by atoms with Crippen LogP contribution in [0.25, 0.3) is 16.8 Å². The predicted octanol–water partition coefficient (Wildman–Crippen LogP) is 5.68. The second-order valence-corrected chi connectivity index (χ2v) is 10.8. The molecule has 1 aromatic carbocycles. The lowest BCUT2D eigenvalue weighted by atomic mass is 10.0. The highest BCUT2D eigenvalue weighted by Crippen LogP contribution is 2.40. The first kappa shape index (κ1) is 29.5. The number of fused-ring (bicyclic) bond motifs is 1. The molecule has 1 aliphatic heterocycles. The van der Waals surface area contributed by atoms with Crippen LogP contribution in [0.15, 0.2) is 49.1 Å². The number of rotatable bonds is 11. The van der Waals surface area contributed by atoms with Gasteiger partial charge in [-0.15, -0.1) is 5.10 Å². The molecule has 1 fully saturated rings. The molecular formula is C29H32ClF2N7O3. The van der Waals surface area contributed by atoms with E-state index in [-0.39, 0.29) is 34.6 Å². The molecule has 0 spiro atoms. The molecule has 3 N–H and O–H groups in total. The van der Waals surface area contributed by atoms with Gasteiger partial charge in [-0.1, -0.05) is 11.6 Å².